The van der Waals surface area contributed by atoms with Crippen LogP contribution in [0.25, 0.3) is 0 Å². The topological polar surface area (TPSA) is 12.0 Å². The highest BCUT2D eigenvalue weighted by Crippen LogP contribution is 2.39. The van der Waals surface area contributed by atoms with Crippen LogP contribution in [-0.2, 0) is 6.18 Å². The fourth-order valence-corrected chi connectivity index (χ4v) is 3.77. The van der Waals surface area contributed by atoms with Crippen LogP contribution in [0.15, 0.2) is 34.8 Å². The van der Waals surface area contributed by atoms with Gasteiger partial charge in [-0.1, -0.05) is 18.2 Å². The second kappa shape index (κ2) is 5.87. The maximum atomic E-state index is 13.1. The fraction of sp³-hybridized carbons (Fsp3) is 0.286. The first kappa shape index (κ1) is 15.5. The molecule has 20 heavy (non-hydrogen) atoms. The average molecular weight is 364 g/mol. The summed E-state index contributed by atoms with van der Waals surface area (Å²) in [6, 6.07) is 7.08. The molecule has 2 aromatic rings. The van der Waals surface area contributed by atoms with Crippen molar-refractivity contribution in [3.8, 4) is 0 Å². The first-order chi connectivity index (χ1) is 9.34. The van der Waals surface area contributed by atoms with Gasteiger partial charge in [0.15, 0.2) is 0 Å². The van der Waals surface area contributed by atoms with Crippen molar-refractivity contribution in [3.05, 3.63) is 55.7 Å². The van der Waals surface area contributed by atoms with Crippen molar-refractivity contribution in [1.82, 2.24) is 5.32 Å². The lowest BCUT2D eigenvalue weighted by atomic mass is 9.99. The second-order valence-corrected chi connectivity index (χ2v) is 6.50. The Labute approximate surface area is 128 Å². The minimum Gasteiger partial charge on any atom is -0.309 e. The molecule has 1 aromatic carbocycles. The Hall–Kier alpha value is -0.850. The van der Waals surface area contributed by atoms with Crippen LogP contribution in [0.5, 0.6) is 0 Å². The van der Waals surface area contributed by atoms with Gasteiger partial charge in [-0.15, -0.1) is 11.3 Å². The largest absolute Gasteiger partial charge is 0.416 e. The van der Waals surface area contributed by atoms with Gasteiger partial charge in [0.2, 0.25) is 0 Å². The van der Waals surface area contributed by atoms with Crippen molar-refractivity contribution in [2.45, 2.75) is 19.1 Å². The molecule has 0 spiro atoms. The van der Waals surface area contributed by atoms with E-state index in [1.54, 1.807) is 13.1 Å². The molecule has 108 valence electrons. The first-order valence-electron chi connectivity index (χ1n) is 5.93. The van der Waals surface area contributed by atoms with Gasteiger partial charge >= 0.3 is 6.18 Å². The minimum absolute atomic E-state index is 0.247. The molecule has 0 radical (unpaired) electrons. The quantitative estimate of drug-likeness (QED) is 0.795. The van der Waals surface area contributed by atoms with E-state index in [-0.39, 0.29) is 5.56 Å². The van der Waals surface area contributed by atoms with Crippen LogP contribution in [0, 0.1) is 6.92 Å². The second-order valence-electron chi connectivity index (χ2n) is 4.36. The lowest BCUT2D eigenvalue weighted by Gasteiger charge is -2.20. The molecule has 1 atom stereocenters. The van der Waals surface area contributed by atoms with Crippen molar-refractivity contribution in [2.24, 2.45) is 0 Å². The summed E-state index contributed by atoms with van der Waals surface area (Å²) in [5.74, 6) is 0. The highest BCUT2D eigenvalue weighted by Gasteiger charge is 2.35. The maximum Gasteiger partial charge on any atom is 0.416 e. The van der Waals surface area contributed by atoms with Crippen molar-refractivity contribution >= 4 is 27.3 Å². The molecule has 6 heteroatoms. The Kier molecular flexibility index (Phi) is 4.56. The fourth-order valence-electron chi connectivity index (χ4n) is 2.08. The summed E-state index contributed by atoms with van der Waals surface area (Å²) in [4.78, 5) is 1.90. The van der Waals surface area contributed by atoms with E-state index in [1.165, 1.54) is 23.5 Å². The number of hydrogen-bond donors (Lipinski definition) is 1. The van der Waals surface area contributed by atoms with Gasteiger partial charge in [-0.2, -0.15) is 13.2 Å². The van der Waals surface area contributed by atoms with E-state index in [0.717, 1.165) is 20.3 Å². The lowest BCUT2D eigenvalue weighted by Crippen LogP contribution is -2.21. The van der Waals surface area contributed by atoms with Crippen molar-refractivity contribution in [2.75, 3.05) is 7.05 Å². The Morgan fingerprint density at radius 1 is 1.25 bits per heavy atom. The molecule has 1 unspecified atom stereocenters. The van der Waals surface area contributed by atoms with E-state index in [1.807, 2.05) is 13.0 Å². The normalized spacial score (nSPS) is 13.5. The standard InChI is InChI=1S/C14H13BrF3NS/c1-8-11(15)7-12(20-8)13(19-2)9-5-3-4-6-10(9)14(16,17)18/h3-7,13,19H,1-2H3. The average Bonchev–Trinajstić information content (AvgIpc) is 2.70. The minimum atomic E-state index is -4.35. The van der Waals surface area contributed by atoms with Gasteiger partial charge in [0.1, 0.15) is 0 Å². The van der Waals surface area contributed by atoms with Gasteiger partial charge in [0.05, 0.1) is 11.6 Å². The molecule has 1 aromatic heterocycles. The monoisotopic (exact) mass is 363 g/mol. The highest BCUT2D eigenvalue weighted by atomic mass is 79.9. The molecule has 1 heterocycles. The van der Waals surface area contributed by atoms with Crippen LogP contribution in [0.2, 0.25) is 0 Å². The van der Waals surface area contributed by atoms with Crippen LogP contribution >= 0.6 is 27.3 Å². The SMILES string of the molecule is CNC(c1cc(Br)c(C)s1)c1ccccc1C(F)(F)F. The molecule has 0 amide bonds. The lowest BCUT2D eigenvalue weighted by molar-refractivity contribution is -0.138. The number of alkyl halides is 3. The molecule has 0 bridgehead atoms. The van der Waals surface area contributed by atoms with Crippen molar-refractivity contribution < 1.29 is 13.2 Å². The van der Waals surface area contributed by atoms with E-state index in [0.29, 0.717) is 0 Å². The van der Waals surface area contributed by atoms with E-state index in [2.05, 4.69) is 21.2 Å². The van der Waals surface area contributed by atoms with E-state index >= 15 is 0 Å². The highest BCUT2D eigenvalue weighted by molar-refractivity contribution is 9.10. The Balaban J connectivity index is 2.53. The Bertz CT molecular complexity index is 587. The van der Waals surface area contributed by atoms with Crippen LogP contribution in [0.3, 0.4) is 0 Å². The van der Waals surface area contributed by atoms with Gasteiger partial charge in [0.25, 0.3) is 0 Å². The molecule has 0 saturated carbocycles. The van der Waals surface area contributed by atoms with E-state index < -0.39 is 17.8 Å². The van der Waals surface area contributed by atoms with E-state index in [9.17, 15) is 13.2 Å². The Morgan fingerprint density at radius 2 is 1.90 bits per heavy atom. The number of benzene rings is 1. The Morgan fingerprint density at radius 3 is 2.40 bits per heavy atom. The molecular formula is C14H13BrF3NS. The van der Waals surface area contributed by atoms with Gasteiger partial charge in [-0.3, -0.25) is 0 Å². The summed E-state index contributed by atoms with van der Waals surface area (Å²) in [7, 11) is 1.67. The number of hydrogen-bond acceptors (Lipinski definition) is 2. The van der Waals surface area contributed by atoms with Crippen LogP contribution in [0.4, 0.5) is 13.2 Å². The smallest absolute Gasteiger partial charge is 0.309 e. The molecule has 0 fully saturated rings. The zero-order valence-corrected chi connectivity index (χ0v) is 13.3. The number of nitrogens with one attached hydrogen (secondary N) is 1. The predicted molar refractivity (Wildman–Crippen MR) is 79.1 cm³/mol. The molecule has 0 aliphatic heterocycles. The third-order valence-corrected chi connectivity index (χ3v) is 5.23. The van der Waals surface area contributed by atoms with Gasteiger partial charge in [0, 0.05) is 14.2 Å². The number of rotatable bonds is 3. The third-order valence-electron chi connectivity index (χ3n) is 3.03. The maximum absolute atomic E-state index is 13.1. The zero-order chi connectivity index (χ0) is 14.9. The molecule has 0 aliphatic rings. The number of thiophene rings is 1. The van der Waals surface area contributed by atoms with Gasteiger partial charge < -0.3 is 5.32 Å². The predicted octanol–water partition coefficient (Wildman–Crippen LogP) is 5.15. The van der Waals surface area contributed by atoms with Gasteiger partial charge in [-0.25, -0.2) is 0 Å². The van der Waals surface area contributed by atoms with Crippen LogP contribution in [0.1, 0.15) is 26.9 Å². The zero-order valence-electron chi connectivity index (χ0n) is 10.9. The van der Waals surface area contributed by atoms with Crippen LogP contribution in [-0.4, -0.2) is 7.05 Å². The molecule has 1 nitrogen and oxygen atoms in total. The third kappa shape index (κ3) is 3.07. The molecule has 0 aliphatic carbocycles. The number of halogens is 4. The summed E-state index contributed by atoms with van der Waals surface area (Å²) in [5, 5.41) is 2.98. The molecule has 0 saturated heterocycles. The first-order valence-corrected chi connectivity index (χ1v) is 7.54. The van der Waals surface area contributed by atoms with Crippen molar-refractivity contribution in [1.29, 1.82) is 0 Å². The van der Waals surface area contributed by atoms with Crippen LogP contribution < -0.4 is 5.32 Å². The summed E-state index contributed by atoms with van der Waals surface area (Å²) < 4.78 is 40.3. The summed E-state index contributed by atoms with van der Waals surface area (Å²) in [6.45, 7) is 1.93. The van der Waals surface area contributed by atoms with Crippen molar-refractivity contribution in [3.63, 3.8) is 0 Å². The van der Waals surface area contributed by atoms with Gasteiger partial charge in [-0.05, 0) is 47.6 Å². The number of aryl methyl sites for hydroxylation is 1. The molecular weight excluding hydrogens is 351 g/mol. The molecule has 2 rings (SSSR count). The summed E-state index contributed by atoms with van der Waals surface area (Å²) >= 11 is 4.89. The molecule has 1 N–H and O–H groups in total. The van der Waals surface area contributed by atoms with E-state index in [4.69, 9.17) is 0 Å². The summed E-state index contributed by atoms with van der Waals surface area (Å²) in [6.07, 6.45) is -4.35. The summed E-state index contributed by atoms with van der Waals surface area (Å²) in [5.41, 5.74) is -0.349.